The minimum absolute atomic E-state index is 0.104. The third-order valence-electron chi connectivity index (χ3n) is 2.50. The van der Waals surface area contributed by atoms with Crippen LogP contribution in [0.25, 0.3) is 0 Å². The molecule has 1 rings (SSSR count). The minimum atomic E-state index is -0.494. The Morgan fingerprint density at radius 2 is 2.17 bits per heavy atom. The van der Waals surface area contributed by atoms with Crippen LogP contribution in [-0.2, 0) is 14.2 Å². The predicted octanol–water partition coefficient (Wildman–Crippen LogP) is 2.22. The van der Waals surface area contributed by atoms with Gasteiger partial charge in [-0.3, -0.25) is 0 Å². The van der Waals surface area contributed by atoms with E-state index in [-0.39, 0.29) is 18.4 Å². The van der Waals surface area contributed by atoms with Gasteiger partial charge in [-0.25, -0.2) is 4.79 Å². The highest BCUT2D eigenvalue weighted by atomic mass is 16.7. The second-order valence-corrected chi connectivity index (χ2v) is 5.38. The summed E-state index contributed by atoms with van der Waals surface area (Å²) in [5.41, 5.74) is -0.494. The van der Waals surface area contributed by atoms with E-state index in [1.54, 1.807) is 7.11 Å². The van der Waals surface area contributed by atoms with Gasteiger partial charge in [0, 0.05) is 7.11 Å². The quantitative estimate of drug-likeness (QED) is 0.788. The van der Waals surface area contributed by atoms with Crippen molar-refractivity contribution in [3.63, 3.8) is 0 Å². The summed E-state index contributed by atoms with van der Waals surface area (Å²) in [6, 6.07) is -0.137. The zero-order valence-electron chi connectivity index (χ0n) is 11.7. The van der Waals surface area contributed by atoms with E-state index in [4.69, 9.17) is 14.2 Å². The van der Waals surface area contributed by atoms with Gasteiger partial charge in [-0.1, -0.05) is 6.08 Å². The Labute approximate surface area is 108 Å². The van der Waals surface area contributed by atoms with Gasteiger partial charge in [0.25, 0.3) is 0 Å². The van der Waals surface area contributed by atoms with Gasteiger partial charge in [0.15, 0.2) is 6.29 Å². The van der Waals surface area contributed by atoms with Crippen LogP contribution >= 0.6 is 0 Å². The Morgan fingerprint density at radius 3 is 2.72 bits per heavy atom. The molecule has 0 aliphatic carbocycles. The summed E-state index contributed by atoms with van der Waals surface area (Å²) in [5, 5.41) is 2.78. The maximum Gasteiger partial charge on any atom is 0.407 e. The number of carbonyl (C=O) groups is 1. The first-order valence-electron chi connectivity index (χ1n) is 6.16. The van der Waals surface area contributed by atoms with Crippen LogP contribution in [-0.4, -0.2) is 37.2 Å². The number of methoxy groups -OCH3 is 1. The van der Waals surface area contributed by atoms with Crippen molar-refractivity contribution in [2.45, 2.75) is 58.2 Å². The lowest BCUT2D eigenvalue weighted by Gasteiger charge is -2.30. The molecule has 1 amide bonds. The fraction of sp³-hybridized carbons (Fsp3) is 0.769. The monoisotopic (exact) mass is 257 g/mol. The number of hydrogen-bond donors (Lipinski definition) is 1. The fourth-order valence-electron chi connectivity index (χ4n) is 1.64. The third-order valence-corrected chi connectivity index (χ3v) is 2.50. The molecule has 0 saturated heterocycles. The molecule has 0 aromatic heterocycles. The molecule has 5 heteroatoms. The largest absolute Gasteiger partial charge is 0.444 e. The highest BCUT2D eigenvalue weighted by Gasteiger charge is 2.26. The molecule has 1 aliphatic rings. The summed E-state index contributed by atoms with van der Waals surface area (Å²) in [7, 11) is 1.59. The second kappa shape index (κ2) is 6.20. The normalized spacial score (nSPS) is 25.6. The molecule has 1 N–H and O–H groups in total. The lowest BCUT2D eigenvalue weighted by Crippen LogP contribution is -2.46. The molecule has 0 aromatic rings. The van der Waals surface area contributed by atoms with Crippen molar-refractivity contribution in [2.24, 2.45) is 0 Å². The van der Waals surface area contributed by atoms with Crippen LogP contribution in [0, 0.1) is 0 Å². The molecular formula is C13H23NO4. The number of amides is 1. The van der Waals surface area contributed by atoms with E-state index in [0.717, 1.165) is 6.42 Å². The third kappa shape index (κ3) is 5.06. The number of nitrogens with one attached hydrogen (secondary N) is 1. The first-order valence-corrected chi connectivity index (χ1v) is 6.16. The fourth-order valence-corrected chi connectivity index (χ4v) is 1.64. The van der Waals surface area contributed by atoms with Crippen molar-refractivity contribution in [1.82, 2.24) is 5.32 Å². The molecule has 18 heavy (non-hydrogen) atoms. The SMILES string of the molecule is CO[C@H]1C=CC[C@H]([C@H](C)NC(=O)OC(C)(C)C)O1. The standard InChI is InChI=1S/C13H23NO4/c1-9(14-12(15)18-13(2,3)4)10-7-6-8-11(16-5)17-10/h6,8-11H,7H2,1-5H3,(H,14,15)/t9-,10+,11+/m0/s1. The van der Waals surface area contributed by atoms with E-state index >= 15 is 0 Å². The predicted molar refractivity (Wildman–Crippen MR) is 68.3 cm³/mol. The lowest BCUT2D eigenvalue weighted by atomic mass is 10.1. The smallest absolute Gasteiger partial charge is 0.407 e. The number of alkyl carbamates (subject to hydrolysis) is 1. The van der Waals surface area contributed by atoms with Crippen LogP contribution in [0.1, 0.15) is 34.1 Å². The van der Waals surface area contributed by atoms with E-state index < -0.39 is 11.7 Å². The number of carbonyl (C=O) groups excluding carboxylic acids is 1. The van der Waals surface area contributed by atoms with Crippen LogP contribution in [0.2, 0.25) is 0 Å². The number of hydrogen-bond acceptors (Lipinski definition) is 4. The van der Waals surface area contributed by atoms with Gasteiger partial charge < -0.3 is 19.5 Å². The van der Waals surface area contributed by atoms with Crippen LogP contribution in [0.4, 0.5) is 4.79 Å². The van der Waals surface area contributed by atoms with E-state index in [1.165, 1.54) is 0 Å². The van der Waals surface area contributed by atoms with E-state index in [1.807, 2.05) is 39.8 Å². The molecule has 0 unspecified atom stereocenters. The van der Waals surface area contributed by atoms with E-state index in [9.17, 15) is 4.79 Å². The summed E-state index contributed by atoms with van der Waals surface area (Å²) >= 11 is 0. The Kier molecular flexibility index (Phi) is 5.16. The first-order chi connectivity index (χ1) is 8.31. The van der Waals surface area contributed by atoms with Crippen LogP contribution in [0.15, 0.2) is 12.2 Å². The highest BCUT2D eigenvalue weighted by molar-refractivity contribution is 5.68. The molecule has 0 aromatic carbocycles. The second-order valence-electron chi connectivity index (χ2n) is 5.38. The van der Waals surface area contributed by atoms with Crippen molar-refractivity contribution in [3.8, 4) is 0 Å². The number of ether oxygens (including phenoxy) is 3. The highest BCUT2D eigenvalue weighted by Crippen LogP contribution is 2.16. The zero-order valence-corrected chi connectivity index (χ0v) is 11.7. The van der Waals surface area contributed by atoms with Crippen LogP contribution in [0.3, 0.4) is 0 Å². The topological polar surface area (TPSA) is 56.8 Å². The molecule has 0 bridgehead atoms. The maximum atomic E-state index is 11.6. The molecule has 0 radical (unpaired) electrons. The first kappa shape index (κ1) is 15.0. The van der Waals surface area contributed by atoms with Gasteiger partial charge in [-0.15, -0.1) is 0 Å². The molecule has 0 saturated carbocycles. The van der Waals surface area contributed by atoms with Crippen molar-refractivity contribution >= 4 is 6.09 Å². The molecular weight excluding hydrogens is 234 g/mol. The molecule has 1 heterocycles. The van der Waals surface area contributed by atoms with Gasteiger partial charge in [0.1, 0.15) is 5.60 Å². The van der Waals surface area contributed by atoms with E-state index in [2.05, 4.69) is 5.32 Å². The van der Waals surface area contributed by atoms with Crippen LogP contribution < -0.4 is 5.32 Å². The summed E-state index contributed by atoms with van der Waals surface area (Å²) in [5.74, 6) is 0. The summed E-state index contributed by atoms with van der Waals surface area (Å²) < 4.78 is 16.0. The Morgan fingerprint density at radius 1 is 1.50 bits per heavy atom. The van der Waals surface area contributed by atoms with Crippen molar-refractivity contribution in [1.29, 1.82) is 0 Å². The molecule has 0 fully saturated rings. The van der Waals surface area contributed by atoms with Gasteiger partial charge >= 0.3 is 6.09 Å². The summed E-state index contributed by atoms with van der Waals surface area (Å²) in [6.45, 7) is 7.38. The zero-order chi connectivity index (χ0) is 13.8. The molecule has 3 atom stereocenters. The summed E-state index contributed by atoms with van der Waals surface area (Å²) in [4.78, 5) is 11.6. The molecule has 1 aliphatic heterocycles. The average Bonchev–Trinajstić information content (AvgIpc) is 2.26. The van der Waals surface area contributed by atoms with E-state index in [0.29, 0.717) is 0 Å². The van der Waals surface area contributed by atoms with Crippen LogP contribution in [0.5, 0.6) is 0 Å². The van der Waals surface area contributed by atoms with Crippen molar-refractivity contribution < 1.29 is 19.0 Å². The van der Waals surface area contributed by atoms with Crippen molar-refractivity contribution in [3.05, 3.63) is 12.2 Å². The average molecular weight is 257 g/mol. The minimum Gasteiger partial charge on any atom is -0.444 e. The Hall–Kier alpha value is -1.07. The Balaban J connectivity index is 2.43. The molecule has 104 valence electrons. The van der Waals surface area contributed by atoms with Gasteiger partial charge in [-0.05, 0) is 40.2 Å². The molecule has 5 nitrogen and oxygen atoms in total. The van der Waals surface area contributed by atoms with Gasteiger partial charge in [0.05, 0.1) is 12.1 Å². The van der Waals surface area contributed by atoms with Gasteiger partial charge in [-0.2, -0.15) is 0 Å². The van der Waals surface area contributed by atoms with Gasteiger partial charge in [0.2, 0.25) is 0 Å². The Bertz CT molecular complexity index is 309. The molecule has 0 spiro atoms. The number of rotatable bonds is 3. The summed E-state index contributed by atoms with van der Waals surface area (Å²) in [6.07, 6.45) is 3.73. The van der Waals surface area contributed by atoms with Crippen molar-refractivity contribution in [2.75, 3.05) is 7.11 Å². The maximum absolute atomic E-state index is 11.6. The lowest BCUT2D eigenvalue weighted by molar-refractivity contribution is -0.138.